The third kappa shape index (κ3) is 1.72. The number of hydrogen-bond acceptors (Lipinski definition) is 3. The molecule has 0 unspecified atom stereocenters. The molecule has 2 N–H and O–H groups in total. The first-order valence-corrected chi connectivity index (χ1v) is 5.93. The summed E-state index contributed by atoms with van der Waals surface area (Å²) in [5.41, 5.74) is 6.68. The zero-order valence-corrected chi connectivity index (χ0v) is 10.1. The summed E-state index contributed by atoms with van der Waals surface area (Å²) in [5.74, 6) is 0. The summed E-state index contributed by atoms with van der Waals surface area (Å²) in [6.45, 7) is 2.66. The highest BCUT2D eigenvalue weighted by Crippen LogP contribution is 2.36. The SMILES string of the molecule is CCOc1cc2c(N)cc(Br)cc2s1. The van der Waals surface area contributed by atoms with Gasteiger partial charge in [-0.1, -0.05) is 27.3 Å². The van der Waals surface area contributed by atoms with Gasteiger partial charge in [-0.15, -0.1) is 0 Å². The maximum Gasteiger partial charge on any atom is 0.174 e. The molecule has 0 amide bonds. The largest absolute Gasteiger partial charge is 0.484 e. The van der Waals surface area contributed by atoms with Gasteiger partial charge < -0.3 is 10.5 Å². The minimum Gasteiger partial charge on any atom is -0.484 e. The highest BCUT2D eigenvalue weighted by atomic mass is 79.9. The molecule has 2 nitrogen and oxygen atoms in total. The average Bonchev–Trinajstić information content (AvgIpc) is 2.48. The molecule has 1 aromatic heterocycles. The van der Waals surface area contributed by atoms with Gasteiger partial charge in [0.05, 0.1) is 6.61 Å². The molecule has 0 bridgehead atoms. The van der Waals surface area contributed by atoms with Crippen molar-refractivity contribution < 1.29 is 4.74 Å². The smallest absolute Gasteiger partial charge is 0.174 e. The van der Waals surface area contributed by atoms with Crippen molar-refractivity contribution in [3.63, 3.8) is 0 Å². The number of halogens is 1. The lowest BCUT2D eigenvalue weighted by Gasteiger charge is -1.95. The van der Waals surface area contributed by atoms with Crippen molar-refractivity contribution in [2.75, 3.05) is 12.3 Å². The van der Waals surface area contributed by atoms with Crippen LogP contribution in [0.2, 0.25) is 0 Å². The van der Waals surface area contributed by atoms with E-state index in [0.717, 1.165) is 25.3 Å². The number of anilines is 1. The normalized spacial score (nSPS) is 10.7. The number of thiophene rings is 1. The van der Waals surface area contributed by atoms with Crippen molar-refractivity contribution in [2.45, 2.75) is 6.92 Å². The molecule has 1 heterocycles. The molecular formula is C10H10BrNOS. The topological polar surface area (TPSA) is 35.2 Å². The lowest BCUT2D eigenvalue weighted by Crippen LogP contribution is -1.87. The van der Waals surface area contributed by atoms with E-state index in [1.807, 2.05) is 19.1 Å². The fraction of sp³-hybridized carbons (Fsp3) is 0.200. The van der Waals surface area contributed by atoms with Gasteiger partial charge in [0.25, 0.3) is 0 Å². The molecule has 74 valence electrons. The van der Waals surface area contributed by atoms with Gasteiger partial charge >= 0.3 is 0 Å². The van der Waals surface area contributed by atoms with Crippen LogP contribution in [0.5, 0.6) is 5.06 Å². The van der Waals surface area contributed by atoms with E-state index in [2.05, 4.69) is 22.0 Å². The van der Waals surface area contributed by atoms with Crippen LogP contribution in [-0.2, 0) is 0 Å². The van der Waals surface area contributed by atoms with Crippen molar-refractivity contribution >= 4 is 43.0 Å². The van der Waals surface area contributed by atoms with Crippen LogP contribution in [-0.4, -0.2) is 6.61 Å². The number of benzene rings is 1. The fourth-order valence-corrected chi connectivity index (χ4v) is 2.99. The van der Waals surface area contributed by atoms with Crippen LogP contribution in [0.25, 0.3) is 10.1 Å². The predicted octanol–water partition coefficient (Wildman–Crippen LogP) is 3.64. The number of rotatable bonds is 2. The molecule has 0 aliphatic rings. The molecule has 0 atom stereocenters. The van der Waals surface area contributed by atoms with Gasteiger partial charge in [0.2, 0.25) is 0 Å². The molecule has 4 heteroatoms. The van der Waals surface area contributed by atoms with E-state index in [1.54, 1.807) is 11.3 Å². The maximum absolute atomic E-state index is 5.89. The van der Waals surface area contributed by atoms with Crippen LogP contribution in [0.4, 0.5) is 5.69 Å². The molecule has 0 saturated carbocycles. The first kappa shape index (κ1) is 9.80. The molecule has 0 aliphatic carbocycles. The Bertz CT molecular complexity index is 466. The molecule has 1 aromatic carbocycles. The van der Waals surface area contributed by atoms with Gasteiger partial charge in [-0.3, -0.25) is 0 Å². The molecule has 0 saturated heterocycles. The third-order valence-electron chi connectivity index (χ3n) is 1.90. The first-order chi connectivity index (χ1) is 6.70. The quantitative estimate of drug-likeness (QED) is 0.847. The summed E-state index contributed by atoms with van der Waals surface area (Å²) in [6, 6.07) is 5.95. The Kier molecular flexibility index (Phi) is 2.65. The van der Waals surface area contributed by atoms with Crippen molar-refractivity contribution in [3.05, 3.63) is 22.7 Å². The summed E-state index contributed by atoms with van der Waals surface area (Å²) in [5, 5.41) is 1.99. The van der Waals surface area contributed by atoms with Gasteiger partial charge in [-0.25, -0.2) is 0 Å². The second-order valence-electron chi connectivity index (χ2n) is 2.91. The van der Waals surface area contributed by atoms with E-state index in [0.29, 0.717) is 6.61 Å². The van der Waals surface area contributed by atoms with E-state index in [1.165, 1.54) is 0 Å². The summed E-state index contributed by atoms with van der Waals surface area (Å²) in [7, 11) is 0. The standard InChI is InChI=1S/C10H10BrNOS/c1-2-13-10-5-7-8(12)3-6(11)4-9(7)14-10/h3-5H,2,12H2,1H3. The number of nitrogen functional groups attached to an aromatic ring is 1. The number of nitrogens with two attached hydrogens (primary N) is 1. The Morgan fingerprint density at radius 3 is 2.93 bits per heavy atom. The number of hydrogen-bond donors (Lipinski definition) is 1. The molecule has 0 aliphatic heterocycles. The molecule has 2 aromatic rings. The van der Waals surface area contributed by atoms with Crippen LogP contribution in [0.1, 0.15) is 6.92 Å². The summed E-state index contributed by atoms with van der Waals surface area (Å²) >= 11 is 5.04. The highest BCUT2D eigenvalue weighted by Gasteiger charge is 2.06. The first-order valence-electron chi connectivity index (χ1n) is 4.32. The van der Waals surface area contributed by atoms with Crippen LogP contribution in [0, 0.1) is 0 Å². The molecule has 2 rings (SSSR count). The van der Waals surface area contributed by atoms with Crippen LogP contribution in [0.15, 0.2) is 22.7 Å². The Labute approximate surface area is 94.8 Å². The van der Waals surface area contributed by atoms with Gasteiger partial charge in [0, 0.05) is 26.3 Å². The van der Waals surface area contributed by atoms with Gasteiger partial charge in [-0.2, -0.15) is 0 Å². The van der Waals surface area contributed by atoms with Crippen LogP contribution >= 0.6 is 27.3 Å². The second-order valence-corrected chi connectivity index (χ2v) is 4.87. The van der Waals surface area contributed by atoms with Crippen LogP contribution in [0.3, 0.4) is 0 Å². The minimum atomic E-state index is 0.688. The van der Waals surface area contributed by atoms with Crippen molar-refractivity contribution in [3.8, 4) is 5.06 Å². The molecular weight excluding hydrogens is 262 g/mol. The van der Waals surface area contributed by atoms with Gasteiger partial charge in [-0.05, 0) is 19.1 Å². The van der Waals surface area contributed by atoms with E-state index < -0.39 is 0 Å². The van der Waals surface area contributed by atoms with Crippen LogP contribution < -0.4 is 10.5 Å². The van der Waals surface area contributed by atoms with Gasteiger partial charge in [0.15, 0.2) is 5.06 Å². The zero-order chi connectivity index (χ0) is 10.1. The summed E-state index contributed by atoms with van der Waals surface area (Å²) in [4.78, 5) is 0. The molecule has 0 radical (unpaired) electrons. The highest BCUT2D eigenvalue weighted by molar-refractivity contribution is 9.10. The monoisotopic (exact) mass is 271 g/mol. The summed E-state index contributed by atoms with van der Waals surface area (Å²) in [6.07, 6.45) is 0. The second kappa shape index (κ2) is 3.79. The maximum atomic E-state index is 5.89. The van der Waals surface area contributed by atoms with Crippen molar-refractivity contribution in [2.24, 2.45) is 0 Å². The average molecular weight is 272 g/mol. The van der Waals surface area contributed by atoms with E-state index in [9.17, 15) is 0 Å². The molecule has 14 heavy (non-hydrogen) atoms. The third-order valence-corrected chi connectivity index (χ3v) is 3.35. The van der Waals surface area contributed by atoms with Crippen molar-refractivity contribution in [1.82, 2.24) is 0 Å². The van der Waals surface area contributed by atoms with E-state index in [4.69, 9.17) is 10.5 Å². The lowest BCUT2D eigenvalue weighted by atomic mass is 10.2. The Hall–Kier alpha value is -0.740. The Balaban J connectivity index is 2.58. The molecule has 0 spiro atoms. The number of ether oxygens (including phenoxy) is 1. The minimum absolute atomic E-state index is 0.688. The summed E-state index contributed by atoms with van der Waals surface area (Å²) < 4.78 is 7.59. The Morgan fingerprint density at radius 2 is 2.21 bits per heavy atom. The zero-order valence-electron chi connectivity index (χ0n) is 7.71. The fourth-order valence-electron chi connectivity index (χ4n) is 1.32. The Morgan fingerprint density at radius 1 is 1.43 bits per heavy atom. The van der Waals surface area contributed by atoms with Crippen molar-refractivity contribution in [1.29, 1.82) is 0 Å². The predicted molar refractivity (Wildman–Crippen MR) is 65.1 cm³/mol. The van der Waals surface area contributed by atoms with E-state index >= 15 is 0 Å². The van der Waals surface area contributed by atoms with Gasteiger partial charge in [0.1, 0.15) is 0 Å². The lowest BCUT2D eigenvalue weighted by molar-refractivity contribution is 0.350. The van der Waals surface area contributed by atoms with E-state index in [-0.39, 0.29) is 0 Å². The molecule has 0 fully saturated rings. The number of fused-ring (bicyclic) bond motifs is 1.